The summed E-state index contributed by atoms with van der Waals surface area (Å²) in [6.07, 6.45) is 11.9. The second kappa shape index (κ2) is 12.6. The summed E-state index contributed by atoms with van der Waals surface area (Å²) in [7, 11) is 0. The van der Waals surface area contributed by atoms with Gasteiger partial charge in [0, 0.05) is 50.5 Å². The highest BCUT2D eigenvalue weighted by molar-refractivity contribution is 7.80. The van der Waals surface area contributed by atoms with E-state index in [1.807, 2.05) is 18.3 Å². The molecule has 0 aliphatic carbocycles. The minimum absolute atomic E-state index is 0.576. The van der Waals surface area contributed by atoms with Crippen LogP contribution in [0, 0.1) is 11.8 Å². The fraction of sp³-hybridized carbons (Fsp3) is 0.0889. The first-order valence-corrected chi connectivity index (χ1v) is 17.7. The van der Waals surface area contributed by atoms with Crippen LogP contribution in [-0.2, 0) is 0 Å². The number of aliphatic imine (C=N–C) groups is 1. The molecule has 0 saturated carbocycles. The minimum atomic E-state index is 0.576. The Balaban J connectivity index is 1.48. The number of rotatable bonds is 6. The van der Waals surface area contributed by atoms with Crippen LogP contribution in [0.25, 0.3) is 77.4 Å². The molecule has 6 heteroatoms. The number of hydrogen-bond donors (Lipinski definition) is 1. The summed E-state index contributed by atoms with van der Waals surface area (Å²) in [5.74, 6) is 7.16. The van der Waals surface area contributed by atoms with E-state index in [9.17, 15) is 0 Å². The van der Waals surface area contributed by atoms with E-state index >= 15 is 0 Å². The van der Waals surface area contributed by atoms with E-state index in [-0.39, 0.29) is 0 Å². The summed E-state index contributed by atoms with van der Waals surface area (Å²) >= 11 is 5.35. The van der Waals surface area contributed by atoms with E-state index in [1.54, 1.807) is 0 Å². The molecule has 0 fully saturated rings. The number of benzene rings is 5. The number of para-hydroxylation sites is 2. The molecule has 0 atom stereocenters. The third kappa shape index (κ3) is 4.85. The van der Waals surface area contributed by atoms with Gasteiger partial charge >= 0.3 is 0 Å². The maximum absolute atomic E-state index is 5.52. The highest BCUT2D eigenvalue weighted by atomic mass is 32.1. The molecule has 1 aliphatic rings. The highest BCUT2D eigenvalue weighted by Gasteiger charge is 2.26. The Bertz CT molecular complexity index is 2890. The molecule has 0 spiro atoms. The fourth-order valence-corrected chi connectivity index (χ4v) is 7.86. The molecule has 0 bridgehead atoms. The summed E-state index contributed by atoms with van der Waals surface area (Å²) in [4.78, 5) is 16.6. The quantitative estimate of drug-likeness (QED) is 0.108. The smallest absolute Gasteiger partial charge is 0.235 e. The van der Waals surface area contributed by atoms with Gasteiger partial charge in [0.15, 0.2) is 0 Å². The van der Waals surface area contributed by atoms with Gasteiger partial charge in [0.25, 0.3) is 0 Å². The van der Waals surface area contributed by atoms with Crippen molar-refractivity contribution in [2.45, 2.75) is 31.6 Å². The molecule has 0 amide bonds. The molecule has 51 heavy (non-hydrogen) atoms. The van der Waals surface area contributed by atoms with Gasteiger partial charge in [-0.1, -0.05) is 122 Å². The molecule has 4 heterocycles. The SMILES string of the molecule is C/C=C(\C=C/CC)n1c2ccccc2c2nc(-n3c4ccccc4c4c5ccccc5c(C5=NC=CCC#C5)c(S)c43)nc(-c3ccccc3)c21. The van der Waals surface area contributed by atoms with Crippen molar-refractivity contribution in [3.05, 3.63) is 139 Å². The zero-order valence-electron chi connectivity index (χ0n) is 28.3. The van der Waals surface area contributed by atoms with E-state index in [1.165, 1.54) is 0 Å². The third-order valence-electron chi connectivity index (χ3n) is 9.60. The summed E-state index contributed by atoms with van der Waals surface area (Å²) in [6, 6.07) is 35.9. The first-order chi connectivity index (χ1) is 25.2. The Labute approximate surface area is 301 Å². The topological polar surface area (TPSA) is 48.0 Å². The number of allylic oxidation sites excluding steroid dienone is 5. The van der Waals surface area contributed by atoms with Gasteiger partial charge in [0.1, 0.15) is 16.9 Å². The van der Waals surface area contributed by atoms with Crippen molar-refractivity contribution in [1.82, 2.24) is 19.1 Å². The average molecular weight is 676 g/mol. The van der Waals surface area contributed by atoms with Gasteiger partial charge < -0.3 is 4.57 Å². The van der Waals surface area contributed by atoms with Gasteiger partial charge in [-0.05, 0) is 48.2 Å². The lowest BCUT2D eigenvalue weighted by atomic mass is 9.96. The van der Waals surface area contributed by atoms with E-state index in [0.717, 1.165) is 88.3 Å². The predicted molar refractivity (Wildman–Crippen MR) is 217 cm³/mol. The number of hydrogen-bond acceptors (Lipinski definition) is 4. The van der Waals surface area contributed by atoms with Gasteiger partial charge in [-0.2, -0.15) is 0 Å². The second-order valence-corrected chi connectivity index (χ2v) is 13.0. The van der Waals surface area contributed by atoms with Crippen LogP contribution < -0.4 is 0 Å². The lowest BCUT2D eigenvalue weighted by Gasteiger charge is -2.16. The molecule has 1 aliphatic heterocycles. The number of fused-ring (bicyclic) bond motifs is 8. The zero-order valence-corrected chi connectivity index (χ0v) is 29.2. The summed E-state index contributed by atoms with van der Waals surface area (Å²) in [5.41, 5.74) is 9.40. The Morgan fingerprint density at radius 3 is 2.29 bits per heavy atom. The first kappa shape index (κ1) is 30.9. The summed E-state index contributed by atoms with van der Waals surface area (Å²) in [5, 5.41) is 5.43. The lowest BCUT2D eigenvalue weighted by molar-refractivity contribution is 1.00. The molecule has 3 aromatic heterocycles. The molecule has 0 N–H and O–H groups in total. The molecule has 8 aromatic rings. The highest BCUT2D eigenvalue weighted by Crippen LogP contribution is 2.44. The number of nitrogens with zero attached hydrogens (tertiary/aromatic N) is 5. The molecule has 0 unspecified atom stereocenters. The number of thiol groups is 1. The van der Waals surface area contributed by atoms with Crippen LogP contribution in [0.4, 0.5) is 0 Å². The van der Waals surface area contributed by atoms with E-state index in [2.05, 4.69) is 150 Å². The monoisotopic (exact) mass is 675 g/mol. The zero-order chi connectivity index (χ0) is 34.5. The molecule has 0 radical (unpaired) electrons. The number of aromatic nitrogens is 4. The van der Waals surface area contributed by atoms with E-state index in [0.29, 0.717) is 18.1 Å². The molecular weight excluding hydrogens is 643 g/mol. The van der Waals surface area contributed by atoms with Gasteiger partial charge in [0.2, 0.25) is 5.95 Å². The van der Waals surface area contributed by atoms with Gasteiger partial charge in [-0.15, -0.1) is 12.6 Å². The van der Waals surface area contributed by atoms with Crippen molar-refractivity contribution < 1.29 is 0 Å². The Morgan fingerprint density at radius 1 is 0.804 bits per heavy atom. The Kier molecular flexibility index (Phi) is 7.64. The van der Waals surface area contributed by atoms with E-state index in [4.69, 9.17) is 27.6 Å². The van der Waals surface area contributed by atoms with Crippen LogP contribution in [0.2, 0.25) is 0 Å². The molecule has 5 nitrogen and oxygen atoms in total. The van der Waals surface area contributed by atoms with Crippen molar-refractivity contribution in [3.63, 3.8) is 0 Å². The largest absolute Gasteiger partial charge is 0.306 e. The standard InChI is InChI=1S/C45H33N5S/c1-3-5-20-30(4-2)49-37-27-16-14-24-34(37)41-43(49)40(29-18-8-6-9-19-29)47-45(48-41)50-36-26-15-13-23-33(36)38-31-21-11-12-22-32(31)39(44(51)42(38)50)35-25-10-7-17-28-46-35/h4-6,8-9,11-24,26-28,51H,3,7H2,1-2H3/b20-5-,30-4+. The molecule has 9 rings (SSSR count). The van der Waals surface area contributed by atoms with E-state index < -0.39 is 0 Å². The summed E-state index contributed by atoms with van der Waals surface area (Å²) in [6.45, 7) is 4.24. The molecule has 244 valence electrons. The van der Waals surface area contributed by atoms with Crippen LogP contribution >= 0.6 is 12.6 Å². The Hall–Kier alpha value is -6.16. The van der Waals surface area contributed by atoms with Crippen molar-refractivity contribution in [2.24, 2.45) is 4.99 Å². The third-order valence-corrected chi connectivity index (χ3v) is 10.0. The average Bonchev–Trinajstić information content (AvgIpc) is 3.56. The van der Waals surface area contributed by atoms with Crippen molar-refractivity contribution in [2.75, 3.05) is 0 Å². The van der Waals surface area contributed by atoms with Crippen LogP contribution in [0.15, 0.2) is 144 Å². The second-order valence-electron chi connectivity index (χ2n) is 12.5. The maximum atomic E-state index is 5.52. The van der Waals surface area contributed by atoms with Crippen molar-refractivity contribution in [1.29, 1.82) is 0 Å². The fourth-order valence-electron chi connectivity index (χ4n) is 7.42. The van der Waals surface area contributed by atoms with Gasteiger partial charge in [-0.3, -0.25) is 4.57 Å². The van der Waals surface area contributed by atoms with Crippen molar-refractivity contribution in [3.8, 4) is 29.0 Å². The maximum Gasteiger partial charge on any atom is 0.235 e. The molecule has 0 saturated heterocycles. The van der Waals surface area contributed by atoms with Crippen LogP contribution in [0.3, 0.4) is 0 Å². The minimum Gasteiger partial charge on any atom is -0.306 e. The Morgan fingerprint density at radius 2 is 1.51 bits per heavy atom. The van der Waals surface area contributed by atoms with Gasteiger partial charge in [0.05, 0.1) is 22.1 Å². The predicted octanol–water partition coefficient (Wildman–Crippen LogP) is 11.3. The molecule has 5 aromatic carbocycles. The van der Waals surface area contributed by atoms with Crippen LogP contribution in [-0.4, -0.2) is 24.8 Å². The normalized spacial score (nSPS) is 13.5. The van der Waals surface area contributed by atoms with Crippen LogP contribution in [0.1, 0.15) is 32.3 Å². The molecular formula is C45H33N5S. The van der Waals surface area contributed by atoms with Crippen LogP contribution in [0.5, 0.6) is 0 Å². The first-order valence-electron chi connectivity index (χ1n) is 17.3. The summed E-state index contributed by atoms with van der Waals surface area (Å²) < 4.78 is 4.50. The lowest BCUT2D eigenvalue weighted by Crippen LogP contribution is -2.07. The van der Waals surface area contributed by atoms with Crippen molar-refractivity contribution >= 4 is 78.6 Å². The van der Waals surface area contributed by atoms with Gasteiger partial charge in [-0.25, -0.2) is 15.0 Å².